The highest BCUT2D eigenvalue weighted by Crippen LogP contribution is 2.17. The van der Waals surface area contributed by atoms with Crippen LogP contribution in [0.1, 0.15) is 52.4 Å². The topological polar surface area (TPSA) is 72.5 Å². The molecule has 1 amide bonds. The molecule has 0 bridgehead atoms. The molecule has 0 saturated heterocycles. The summed E-state index contributed by atoms with van der Waals surface area (Å²) >= 11 is 1.27. The first kappa shape index (κ1) is 20.6. The maximum absolute atomic E-state index is 12.1. The molecule has 0 aliphatic carbocycles. The lowest BCUT2D eigenvalue weighted by Crippen LogP contribution is -2.18. The lowest BCUT2D eigenvalue weighted by Gasteiger charge is -2.04. The number of Topliss-reactive ketones (excluding diaryl/α,β-unsaturated/α-hetero) is 1. The summed E-state index contributed by atoms with van der Waals surface area (Å²) in [6, 6.07) is 11.4. The van der Waals surface area contributed by atoms with E-state index >= 15 is 0 Å². The minimum absolute atomic E-state index is 0.129. The summed E-state index contributed by atoms with van der Waals surface area (Å²) in [5.74, 6) is -0.505. The molecule has 1 aromatic carbocycles. The Morgan fingerprint density at radius 3 is 2.44 bits per heavy atom. The van der Waals surface area contributed by atoms with Crippen molar-refractivity contribution in [2.45, 2.75) is 33.2 Å². The Hall–Kier alpha value is -2.73. The normalized spacial score (nSPS) is 11.0. The minimum atomic E-state index is -0.564. The fourth-order valence-corrected chi connectivity index (χ4v) is 3.12. The van der Waals surface area contributed by atoms with Crippen LogP contribution in [-0.2, 0) is 20.9 Å². The van der Waals surface area contributed by atoms with Gasteiger partial charge < -0.3 is 10.1 Å². The van der Waals surface area contributed by atoms with Crippen molar-refractivity contribution < 1.29 is 19.1 Å². The van der Waals surface area contributed by atoms with Gasteiger partial charge in [0.15, 0.2) is 6.61 Å². The molecule has 2 rings (SSSR count). The van der Waals surface area contributed by atoms with Gasteiger partial charge in [-0.3, -0.25) is 9.59 Å². The number of ketones is 1. The number of nitrogens with one attached hydrogen (secondary N) is 1. The summed E-state index contributed by atoms with van der Waals surface area (Å²) in [4.78, 5) is 36.2. The molecule has 1 N–H and O–H groups in total. The van der Waals surface area contributed by atoms with E-state index in [4.69, 9.17) is 4.74 Å². The molecule has 0 unspecified atom stereocenters. The Balaban J connectivity index is 1.82. The van der Waals surface area contributed by atoms with Crippen LogP contribution < -0.4 is 5.32 Å². The molecule has 0 atom stereocenters. The molecule has 0 aliphatic heterocycles. The van der Waals surface area contributed by atoms with Gasteiger partial charge in [0.2, 0.25) is 11.7 Å². The van der Waals surface area contributed by atoms with Gasteiger partial charge in [-0.15, -0.1) is 11.3 Å². The van der Waals surface area contributed by atoms with E-state index < -0.39 is 5.97 Å². The summed E-state index contributed by atoms with van der Waals surface area (Å²) in [6.45, 7) is 5.75. The third kappa shape index (κ3) is 6.83. The number of benzene rings is 1. The summed E-state index contributed by atoms with van der Waals surface area (Å²) in [5.41, 5.74) is 2.12. The van der Waals surface area contributed by atoms with Crippen molar-refractivity contribution in [3.05, 3.63) is 63.4 Å². The lowest BCUT2D eigenvalue weighted by atomic mass is 10.0. The maximum atomic E-state index is 12.1. The fraction of sp³-hybridized carbons (Fsp3) is 0.286. The number of esters is 1. The van der Waals surface area contributed by atoms with Crippen LogP contribution in [-0.4, -0.2) is 24.3 Å². The number of ether oxygens (including phenoxy) is 1. The van der Waals surface area contributed by atoms with Gasteiger partial charge in [0, 0.05) is 17.9 Å². The monoisotopic (exact) mass is 385 g/mol. The average molecular weight is 385 g/mol. The summed E-state index contributed by atoms with van der Waals surface area (Å²) in [5, 5.41) is 2.67. The fourth-order valence-electron chi connectivity index (χ4n) is 2.25. The molecule has 142 valence electrons. The number of rotatable bonds is 8. The standard InChI is InChI=1S/C21H23NO4S/c1-14(2)17-7-4-16(5-8-17)6-11-21(25)26-13-19(24)20-10-9-18(27-20)12-22-15(3)23/h4-11,14H,12-13H2,1-3H3,(H,22,23)/b11-6+. The van der Waals surface area contributed by atoms with Gasteiger partial charge in [-0.1, -0.05) is 38.1 Å². The number of amides is 1. The Morgan fingerprint density at radius 2 is 1.81 bits per heavy atom. The first-order valence-electron chi connectivity index (χ1n) is 8.66. The van der Waals surface area contributed by atoms with Crippen molar-refractivity contribution in [2.75, 3.05) is 6.61 Å². The minimum Gasteiger partial charge on any atom is -0.454 e. The van der Waals surface area contributed by atoms with E-state index in [-0.39, 0.29) is 18.3 Å². The van der Waals surface area contributed by atoms with Crippen LogP contribution >= 0.6 is 11.3 Å². The van der Waals surface area contributed by atoms with Crippen molar-refractivity contribution in [1.82, 2.24) is 5.32 Å². The second kappa shape index (κ2) is 9.83. The number of carbonyl (C=O) groups is 3. The van der Waals surface area contributed by atoms with Crippen LogP contribution in [0.2, 0.25) is 0 Å². The third-order valence-corrected chi connectivity index (χ3v) is 4.93. The number of hydrogen-bond donors (Lipinski definition) is 1. The Morgan fingerprint density at radius 1 is 1.11 bits per heavy atom. The van der Waals surface area contributed by atoms with Crippen molar-refractivity contribution in [2.24, 2.45) is 0 Å². The molecule has 0 spiro atoms. The predicted molar refractivity (Wildman–Crippen MR) is 107 cm³/mol. The van der Waals surface area contributed by atoms with Crippen molar-refractivity contribution in [3.63, 3.8) is 0 Å². The van der Waals surface area contributed by atoms with Gasteiger partial charge in [0.25, 0.3) is 0 Å². The first-order valence-corrected chi connectivity index (χ1v) is 9.48. The Labute approximate surface area is 163 Å². The Bertz CT molecular complexity index is 834. The van der Waals surface area contributed by atoms with Crippen LogP contribution in [0.25, 0.3) is 6.08 Å². The number of carbonyl (C=O) groups excluding carboxylic acids is 3. The number of thiophene rings is 1. The SMILES string of the molecule is CC(=O)NCc1ccc(C(=O)COC(=O)/C=C/c2ccc(C(C)C)cc2)s1. The largest absolute Gasteiger partial charge is 0.454 e. The molecule has 1 aromatic heterocycles. The average Bonchev–Trinajstić information content (AvgIpc) is 3.12. The van der Waals surface area contributed by atoms with Gasteiger partial charge in [-0.25, -0.2) is 4.79 Å². The molecule has 0 saturated carbocycles. The quantitative estimate of drug-likeness (QED) is 0.424. The second-order valence-corrected chi connectivity index (χ2v) is 7.53. The van der Waals surface area contributed by atoms with Crippen LogP contribution in [0.4, 0.5) is 0 Å². The molecular formula is C21H23NO4S. The van der Waals surface area contributed by atoms with Gasteiger partial charge in [0.1, 0.15) is 0 Å². The maximum Gasteiger partial charge on any atom is 0.331 e. The molecule has 0 aliphatic rings. The van der Waals surface area contributed by atoms with E-state index in [0.29, 0.717) is 17.3 Å². The highest BCUT2D eigenvalue weighted by atomic mass is 32.1. The summed E-state index contributed by atoms with van der Waals surface area (Å²) in [6.07, 6.45) is 2.97. The zero-order valence-corrected chi connectivity index (χ0v) is 16.5. The smallest absolute Gasteiger partial charge is 0.331 e. The van der Waals surface area contributed by atoms with E-state index in [9.17, 15) is 14.4 Å². The van der Waals surface area contributed by atoms with E-state index in [2.05, 4.69) is 19.2 Å². The molecule has 0 fully saturated rings. The van der Waals surface area contributed by atoms with E-state index in [1.807, 2.05) is 24.3 Å². The molecule has 0 radical (unpaired) electrons. The van der Waals surface area contributed by atoms with Crippen molar-refractivity contribution >= 4 is 35.1 Å². The summed E-state index contributed by atoms with van der Waals surface area (Å²) in [7, 11) is 0. The predicted octanol–water partition coefficient (Wildman–Crippen LogP) is 3.95. The van der Waals surface area contributed by atoms with E-state index in [1.54, 1.807) is 18.2 Å². The third-order valence-electron chi connectivity index (χ3n) is 3.81. The van der Waals surface area contributed by atoms with Crippen molar-refractivity contribution in [3.8, 4) is 0 Å². The lowest BCUT2D eigenvalue weighted by molar-refractivity contribution is -0.136. The van der Waals surface area contributed by atoms with Crippen LogP contribution in [0.5, 0.6) is 0 Å². The number of hydrogen-bond acceptors (Lipinski definition) is 5. The van der Waals surface area contributed by atoms with Gasteiger partial charge in [0.05, 0.1) is 11.4 Å². The van der Waals surface area contributed by atoms with Gasteiger partial charge in [-0.2, -0.15) is 0 Å². The van der Waals surface area contributed by atoms with E-state index in [1.165, 1.54) is 29.9 Å². The molecule has 1 heterocycles. The van der Waals surface area contributed by atoms with Gasteiger partial charge in [-0.05, 0) is 35.3 Å². The Kier molecular flexibility index (Phi) is 7.49. The molecule has 2 aromatic rings. The first-order chi connectivity index (χ1) is 12.8. The molecular weight excluding hydrogens is 362 g/mol. The summed E-state index contributed by atoms with van der Waals surface area (Å²) < 4.78 is 5.01. The molecule has 6 heteroatoms. The van der Waals surface area contributed by atoms with Crippen LogP contribution in [0, 0.1) is 0 Å². The van der Waals surface area contributed by atoms with E-state index in [0.717, 1.165) is 10.4 Å². The second-order valence-electron chi connectivity index (χ2n) is 6.36. The zero-order chi connectivity index (χ0) is 19.8. The van der Waals surface area contributed by atoms with Crippen LogP contribution in [0.3, 0.4) is 0 Å². The molecule has 5 nitrogen and oxygen atoms in total. The molecule has 27 heavy (non-hydrogen) atoms. The highest BCUT2D eigenvalue weighted by Gasteiger charge is 2.11. The zero-order valence-electron chi connectivity index (χ0n) is 15.7. The van der Waals surface area contributed by atoms with Crippen LogP contribution in [0.15, 0.2) is 42.5 Å². The van der Waals surface area contributed by atoms with Crippen molar-refractivity contribution in [1.29, 1.82) is 0 Å². The highest BCUT2D eigenvalue weighted by molar-refractivity contribution is 7.14. The van der Waals surface area contributed by atoms with Gasteiger partial charge >= 0.3 is 5.97 Å².